The molecule has 0 unspecified atom stereocenters. The molecule has 3 N–H and O–H groups in total. The Labute approximate surface area is 147 Å². The van der Waals surface area contributed by atoms with Crippen LogP contribution in [0.4, 0.5) is 0 Å². The quantitative estimate of drug-likeness (QED) is 0.541. The molecule has 1 fully saturated rings. The molecule has 0 aliphatic carbocycles. The Morgan fingerprint density at radius 3 is 2.48 bits per heavy atom. The molecule has 2 heterocycles. The molecule has 1 saturated heterocycles. The molecular formula is C18H24N6O. The first-order chi connectivity index (χ1) is 12.2. The Kier molecular flexibility index (Phi) is 5.57. The fourth-order valence-electron chi connectivity index (χ4n) is 3.00. The van der Waals surface area contributed by atoms with Gasteiger partial charge >= 0.3 is 0 Å². The zero-order chi connectivity index (χ0) is 17.6. The van der Waals surface area contributed by atoms with Gasteiger partial charge in [0.2, 0.25) is 0 Å². The summed E-state index contributed by atoms with van der Waals surface area (Å²) in [5.74, 6) is 0.293. The Bertz CT molecular complexity index is 718. The van der Waals surface area contributed by atoms with Crippen LogP contribution in [0.25, 0.3) is 0 Å². The van der Waals surface area contributed by atoms with E-state index in [1.807, 2.05) is 47.6 Å². The maximum Gasteiger partial charge on any atom is 0.147 e. The molecule has 25 heavy (non-hydrogen) atoms. The highest BCUT2D eigenvalue weighted by Crippen LogP contribution is 2.10. The third-order valence-electron chi connectivity index (χ3n) is 4.41. The summed E-state index contributed by atoms with van der Waals surface area (Å²) in [6, 6.07) is 9.45. The second kappa shape index (κ2) is 8.04. The van der Waals surface area contributed by atoms with Crippen LogP contribution >= 0.6 is 0 Å². The van der Waals surface area contributed by atoms with Crippen molar-refractivity contribution in [2.45, 2.75) is 13.1 Å². The van der Waals surface area contributed by atoms with Crippen molar-refractivity contribution < 1.29 is 5.11 Å². The molecule has 1 aromatic carbocycles. The molecule has 0 radical (unpaired) electrons. The number of aromatic nitrogens is 2. The lowest BCUT2D eigenvalue weighted by Gasteiger charge is -2.36. The highest BCUT2D eigenvalue weighted by molar-refractivity contribution is 6.45. The summed E-state index contributed by atoms with van der Waals surface area (Å²) in [5.41, 5.74) is 2.19. The average molecular weight is 340 g/mol. The first-order valence-corrected chi connectivity index (χ1v) is 8.50. The number of hydrogen-bond acceptors (Lipinski definition) is 5. The van der Waals surface area contributed by atoms with Crippen LogP contribution in [0.15, 0.2) is 42.7 Å². The van der Waals surface area contributed by atoms with E-state index in [0.29, 0.717) is 12.4 Å². The molecule has 0 bridgehead atoms. The molecule has 0 amide bonds. The third kappa shape index (κ3) is 4.32. The molecule has 0 saturated carbocycles. The Morgan fingerprint density at radius 2 is 1.80 bits per heavy atom. The molecule has 1 aliphatic heterocycles. The van der Waals surface area contributed by atoms with E-state index >= 15 is 0 Å². The van der Waals surface area contributed by atoms with Crippen molar-refractivity contribution in [2.24, 2.45) is 0 Å². The van der Waals surface area contributed by atoms with Crippen molar-refractivity contribution >= 4 is 11.5 Å². The largest absolute Gasteiger partial charge is 0.394 e. The smallest absolute Gasteiger partial charge is 0.147 e. The molecule has 132 valence electrons. The third-order valence-corrected chi connectivity index (χ3v) is 4.41. The standard InChI is InChI=1S/C18H24N6O/c19-17(16-4-2-1-3-5-16)18(20)23-8-6-22(7-9-23)13-15-12-21-24(14-15)10-11-25/h1-5,12,14,19-20,25H,6-11,13H2. The van der Waals surface area contributed by atoms with Crippen LogP contribution in [0.3, 0.4) is 0 Å². The lowest BCUT2D eigenvalue weighted by molar-refractivity contribution is 0.176. The summed E-state index contributed by atoms with van der Waals surface area (Å²) in [7, 11) is 0. The number of benzene rings is 1. The van der Waals surface area contributed by atoms with Gasteiger partial charge in [-0.2, -0.15) is 5.10 Å². The number of piperazine rings is 1. The SMILES string of the molecule is N=C(C(=N)N1CCN(Cc2cnn(CCO)c2)CC1)c1ccccc1. The van der Waals surface area contributed by atoms with E-state index in [-0.39, 0.29) is 12.3 Å². The van der Waals surface area contributed by atoms with Gasteiger partial charge in [-0.15, -0.1) is 0 Å². The first-order valence-electron chi connectivity index (χ1n) is 8.50. The van der Waals surface area contributed by atoms with Gasteiger partial charge in [0.15, 0.2) is 0 Å². The second-order valence-electron chi connectivity index (χ2n) is 6.19. The lowest BCUT2D eigenvalue weighted by Crippen LogP contribution is -2.50. The van der Waals surface area contributed by atoms with E-state index in [1.165, 1.54) is 0 Å². The molecule has 7 nitrogen and oxygen atoms in total. The Morgan fingerprint density at radius 1 is 1.08 bits per heavy atom. The second-order valence-corrected chi connectivity index (χ2v) is 6.19. The lowest BCUT2D eigenvalue weighted by atomic mass is 10.1. The zero-order valence-electron chi connectivity index (χ0n) is 14.2. The number of aliphatic hydroxyl groups is 1. The van der Waals surface area contributed by atoms with E-state index in [1.54, 1.807) is 4.68 Å². The molecular weight excluding hydrogens is 316 g/mol. The van der Waals surface area contributed by atoms with Crippen LogP contribution in [0.1, 0.15) is 11.1 Å². The maximum absolute atomic E-state index is 8.94. The molecule has 0 spiro atoms. The molecule has 1 aromatic heterocycles. The van der Waals surface area contributed by atoms with Crippen molar-refractivity contribution in [3.8, 4) is 0 Å². The number of hydrogen-bond donors (Lipinski definition) is 3. The van der Waals surface area contributed by atoms with E-state index < -0.39 is 0 Å². The van der Waals surface area contributed by atoms with Gasteiger partial charge in [0, 0.05) is 50.0 Å². The van der Waals surface area contributed by atoms with Gasteiger partial charge in [-0.05, 0) is 0 Å². The van der Waals surface area contributed by atoms with E-state index in [2.05, 4.69) is 10.00 Å². The summed E-state index contributed by atoms with van der Waals surface area (Å²) in [4.78, 5) is 4.30. The van der Waals surface area contributed by atoms with Crippen LogP contribution in [-0.4, -0.2) is 69.0 Å². The molecule has 7 heteroatoms. The number of nitrogens with zero attached hydrogens (tertiary/aromatic N) is 4. The number of nitrogens with one attached hydrogen (secondary N) is 2. The van der Waals surface area contributed by atoms with Gasteiger partial charge in [0.25, 0.3) is 0 Å². The monoisotopic (exact) mass is 340 g/mol. The summed E-state index contributed by atoms with van der Waals surface area (Å²) in [6.07, 6.45) is 3.81. The minimum Gasteiger partial charge on any atom is -0.394 e. The van der Waals surface area contributed by atoms with Gasteiger partial charge in [-0.3, -0.25) is 20.4 Å². The number of rotatable bonds is 6. The van der Waals surface area contributed by atoms with E-state index in [0.717, 1.165) is 43.9 Å². The Hall–Kier alpha value is -2.51. The fraction of sp³-hybridized carbons (Fsp3) is 0.389. The predicted molar refractivity (Wildman–Crippen MR) is 97.2 cm³/mol. The van der Waals surface area contributed by atoms with Gasteiger partial charge < -0.3 is 10.0 Å². The van der Waals surface area contributed by atoms with Crippen molar-refractivity contribution in [1.29, 1.82) is 10.8 Å². The molecule has 1 aliphatic rings. The normalized spacial score (nSPS) is 15.3. The van der Waals surface area contributed by atoms with Crippen molar-refractivity contribution in [3.05, 3.63) is 53.9 Å². The van der Waals surface area contributed by atoms with E-state index in [4.69, 9.17) is 15.9 Å². The summed E-state index contributed by atoms with van der Waals surface area (Å²) >= 11 is 0. The van der Waals surface area contributed by atoms with Crippen molar-refractivity contribution in [3.63, 3.8) is 0 Å². The van der Waals surface area contributed by atoms with Gasteiger partial charge in [-0.1, -0.05) is 30.3 Å². The van der Waals surface area contributed by atoms with E-state index in [9.17, 15) is 0 Å². The van der Waals surface area contributed by atoms with Gasteiger partial charge in [-0.25, -0.2) is 0 Å². The van der Waals surface area contributed by atoms with Crippen LogP contribution in [-0.2, 0) is 13.1 Å². The van der Waals surface area contributed by atoms with Crippen LogP contribution in [0.2, 0.25) is 0 Å². The average Bonchev–Trinajstić information content (AvgIpc) is 3.09. The van der Waals surface area contributed by atoms with Gasteiger partial charge in [0.1, 0.15) is 11.5 Å². The number of aliphatic hydroxyl groups excluding tert-OH is 1. The Balaban J connectivity index is 1.51. The van der Waals surface area contributed by atoms with Crippen LogP contribution in [0.5, 0.6) is 0 Å². The minimum absolute atomic E-state index is 0.0925. The summed E-state index contributed by atoms with van der Waals surface area (Å²) in [5, 5.41) is 29.7. The van der Waals surface area contributed by atoms with Crippen molar-refractivity contribution in [1.82, 2.24) is 19.6 Å². The first kappa shape index (κ1) is 17.3. The summed E-state index contributed by atoms with van der Waals surface area (Å²) < 4.78 is 1.75. The van der Waals surface area contributed by atoms with Gasteiger partial charge in [0.05, 0.1) is 19.3 Å². The molecule has 0 atom stereocenters. The molecule has 2 aromatic rings. The predicted octanol–water partition coefficient (Wildman–Crippen LogP) is 1.04. The molecule has 3 rings (SSSR count). The highest BCUT2D eigenvalue weighted by Gasteiger charge is 2.22. The highest BCUT2D eigenvalue weighted by atomic mass is 16.3. The zero-order valence-corrected chi connectivity index (χ0v) is 14.2. The fourth-order valence-corrected chi connectivity index (χ4v) is 3.00. The van der Waals surface area contributed by atoms with Crippen LogP contribution < -0.4 is 0 Å². The number of amidine groups is 1. The maximum atomic E-state index is 8.94. The topological polar surface area (TPSA) is 92.2 Å². The minimum atomic E-state index is 0.0925. The van der Waals surface area contributed by atoms with Crippen molar-refractivity contribution in [2.75, 3.05) is 32.8 Å². The summed E-state index contributed by atoms with van der Waals surface area (Å²) in [6.45, 7) is 4.65. The van der Waals surface area contributed by atoms with Crippen LogP contribution in [0, 0.1) is 10.8 Å².